The summed E-state index contributed by atoms with van der Waals surface area (Å²) in [7, 11) is 0. The first-order chi connectivity index (χ1) is 13.4. The molecule has 0 unspecified atom stereocenters. The van der Waals surface area contributed by atoms with E-state index < -0.39 is 5.97 Å². The lowest BCUT2D eigenvalue weighted by molar-refractivity contribution is -0.144. The Hall–Kier alpha value is -1.62. The number of esters is 1. The highest BCUT2D eigenvalue weighted by Crippen LogP contribution is 2.48. The molecule has 0 radical (unpaired) electrons. The molecular formula is C23H36O5. The van der Waals surface area contributed by atoms with Crippen molar-refractivity contribution in [2.45, 2.75) is 90.3 Å². The molecule has 2 rings (SSSR count). The van der Waals surface area contributed by atoms with Gasteiger partial charge >= 0.3 is 11.9 Å². The minimum atomic E-state index is -0.730. The first-order valence-corrected chi connectivity index (χ1v) is 10.9. The summed E-state index contributed by atoms with van der Waals surface area (Å²) in [5.41, 5.74) is 1.41. The average Bonchev–Trinajstić information content (AvgIpc) is 3.12. The third kappa shape index (κ3) is 7.08. The van der Waals surface area contributed by atoms with Crippen molar-refractivity contribution in [1.82, 2.24) is 0 Å². The van der Waals surface area contributed by atoms with Crippen LogP contribution in [0.15, 0.2) is 23.8 Å². The van der Waals surface area contributed by atoms with Gasteiger partial charge in [-0.25, -0.2) is 0 Å². The molecule has 2 N–H and O–H groups in total. The smallest absolute Gasteiger partial charge is 0.303 e. The Labute approximate surface area is 168 Å². The van der Waals surface area contributed by atoms with E-state index in [1.165, 1.54) is 12.5 Å². The Bertz CT molecular complexity index is 580. The second-order valence-corrected chi connectivity index (χ2v) is 8.37. The molecule has 0 aliphatic heterocycles. The van der Waals surface area contributed by atoms with E-state index >= 15 is 0 Å². The van der Waals surface area contributed by atoms with Crippen LogP contribution < -0.4 is 0 Å². The molecule has 5 atom stereocenters. The van der Waals surface area contributed by atoms with Gasteiger partial charge in [0.1, 0.15) is 6.10 Å². The minimum absolute atomic E-state index is 0.0991. The van der Waals surface area contributed by atoms with E-state index in [0.717, 1.165) is 57.8 Å². The van der Waals surface area contributed by atoms with Gasteiger partial charge in [-0.2, -0.15) is 0 Å². The van der Waals surface area contributed by atoms with E-state index in [1.807, 2.05) is 6.08 Å². The van der Waals surface area contributed by atoms with Crippen LogP contribution in [0.25, 0.3) is 0 Å². The number of aliphatic carboxylic acids is 1. The fraction of sp³-hybridized carbons (Fsp3) is 0.739. The van der Waals surface area contributed by atoms with Crippen molar-refractivity contribution in [1.29, 1.82) is 0 Å². The van der Waals surface area contributed by atoms with Crippen molar-refractivity contribution in [3.8, 4) is 0 Å². The normalized spacial score (nSPS) is 27.6. The van der Waals surface area contributed by atoms with Crippen LogP contribution in [0.5, 0.6) is 0 Å². The molecule has 0 aromatic carbocycles. The molecular weight excluding hydrogens is 356 g/mol. The average molecular weight is 393 g/mol. The molecule has 5 heteroatoms. The molecule has 1 saturated carbocycles. The molecule has 158 valence electrons. The van der Waals surface area contributed by atoms with Crippen LogP contribution in [-0.4, -0.2) is 34.4 Å². The lowest BCUT2D eigenvalue weighted by atomic mass is 9.88. The predicted octanol–water partition coefficient (Wildman–Crippen LogP) is 4.64. The highest BCUT2D eigenvalue weighted by Gasteiger charge is 2.43. The van der Waals surface area contributed by atoms with Crippen molar-refractivity contribution in [2.24, 2.45) is 17.8 Å². The van der Waals surface area contributed by atoms with Gasteiger partial charge in [-0.1, -0.05) is 37.5 Å². The summed E-state index contributed by atoms with van der Waals surface area (Å²) in [6.07, 6.45) is 14.5. The number of allylic oxidation sites excluding steroid dienone is 2. The van der Waals surface area contributed by atoms with Crippen LogP contribution in [0.2, 0.25) is 0 Å². The van der Waals surface area contributed by atoms with Crippen molar-refractivity contribution < 1.29 is 24.5 Å². The number of aliphatic hydroxyl groups is 1. The number of carbonyl (C=O) groups is 2. The minimum Gasteiger partial charge on any atom is -0.481 e. The standard InChI is InChI=1S/C23H36O5/c1-3-4-5-9-19(28-16(2)24)11-12-20-21-14-17(8-6-7-10-23(26)27)13-18(21)15-22(20)25/h11-13,18-22,25H,3-10,14-15H2,1-2H3,(H,26,27)/b12-11+/t18-,19-,20+,21-,22+/m0/s1. The maximum Gasteiger partial charge on any atom is 0.303 e. The Morgan fingerprint density at radius 2 is 2.07 bits per heavy atom. The zero-order valence-corrected chi connectivity index (χ0v) is 17.3. The Morgan fingerprint density at radius 1 is 1.29 bits per heavy atom. The predicted molar refractivity (Wildman–Crippen MR) is 109 cm³/mol. The maximum atomic E-state index is 11.4. The van der Waals surface area contributed by atoms with Crippen molar-refractivity contribution in [3.63, 3.8) is 0 Å². The number of unbranched alkanes of at least 4 members (excludes halogenated alkanes) is 3. The second kappa shape index (κ2) is 11.4. The molecule has 0 spiro atoms. The number of aliphatic hydroxyl groups excluding tert-OH is 1. The topological polar surface area (TPSA) is 83.8 Å². The molecule has 0 aromatic rings. The molecule has 0 amide bonds. The number of carboxylic acid groups (broad SMARTS) is 1. The van der Waals surface area contributed by atoms with Gasteiger partial charge in [0.2, 0.25) is 0 Å². The molecule has 2 aliphatic rings. The molecule has 0 bridgehead atoms. The molecule has 0 heterocycles. The van der Waals surface area contributed by atoms with Crippen LogP contribution in [0.1, 0.15) is 78.1 Å². The van der Waals surface area contributed by atoms with Crippen molar-refractivity contribution in [2.75, 3.05) is 0 Å². The molecule has 1 fully saturated rings. The summed E-state index contributed by atoms with van der Waals surface area (Å²) < 4.78 is 5.44. The number of fused-ring (bicyclic) bond motifs is 1. The third-order valence-electron chi connectivity index (χ3n) is 6.05. The van der Waals surface area contributed by atoms with Crippen LogP contribution in [0.3, 0.4) is 0 Å². The van der Waals surface area contributed by atoms with Gasteiger partial charge in [-0.05, 0) is 62.9 Å². The van der Waals surface area contributed by atoms with E-state index in [2.05, 4.69) is 19.1 Å². The van der Waals surface area contributed by atoms with E-state index in [9.17, 15) is 14.7 Å². The van der Waals surface area contributed by atoms with Crippen LogP contribution in [-0.2, 0) is 14.3 Å². The van der Waals surface area contributed by atoms with Gasteiger partial charge in [0.05, 0.1) is 6.10 Å². The molecule has 2 aliphatic carbocycles. The number of hydrogen-bond donors (Lipinski definition) is 2. The largest absolute Gasteiger partial charge is 0.481 e. The van der Waals surface area contributed by atoms with Crippen LogP contribution in [0, 0.1) is 17.8 Å². The first-order valence-electron chi connectivity index (χ1n) is 10.9. The summed E-state index contributed by atoms with van der Waals surface area (Å²) in [5.74, 6) is -0.0724. The lowest BCUT2D eigenvalue weighted by Gasteiger charge is -2.20. The highest BCUT2D eigenvalue weighted by molar-refractivity contribution is 5.66. The second-order valence-electron chi connectivity index (χ2n) is 8.37. The molecule has 0 aromatic heterocycles. The molecule has 28 heavy (non-hydrogen) atoms. The van der Waals surface area contributed by atoms with Gasteiger partial charge in [0, 0.05) is 19.3 Å². The van der Waals surface area contributed by atoms with E-state index in [-0.39, 0.29) is 30.5 Å². The summed E-state index contributed by atoms with van der Waals surface area (Å²) in [6.45, 7) is 3.59. The summed E-state index contributed by atoms with van der Waals surface area (Å²) >= 11 is 0. The fourth-order valence-corrected chi connectivity index (χ4v) is 4.67. The van der Waals surface area contributed by atoms with E-state index in [0.29, 0.717) is 11.8 Å². The third-order valence-corrected chi connectivity index (χ3v) is 6.05. The van der Waals surface area contributed by atoms with Crippen molar-refractivity contribution >= 4 is 11.9 Å². The monoisotopic (exact) mass is 392 g/mol. The van der Waals surface area contributed by atoms with Gasteiger partial charge in [0.15, 0.2) is 0 Å². The Kier molecular flexibility index (Phi) is 9.23. The number of ether oxygens (including phenoxy) is 1. The summed E-state index contributed by atoms with van der Waals surface area (Å²) in [6, 6.07) is 0. The van der Waals surface area contributed by atoms with Gasteiger partial charge in [-0.15, -0.1) is 0 Å². The van der Waals surface area contributed by atoms with Crippen LogP contribution >= 0.6 is 0 Å². The lowest BCUT2D eigenvalue weighted by Crippen LogP contribution is -2.19. The highest BCUT2D eigenvalue weighted by atomic mass is 16.5. The quantitative estimate of drug-likeness (QED) is 0.287. The zero-order chi connectivity index (χ0) is 20.5. The number of carbonyl (C=O) groups excluding carboxylic acids is 1. The summed E-state index contributed by atoms with van der Waals surface area (Å²) in [4.78, 5) is 22.0. The van der Waals surface area contributed by atoms with E-state index in [1.54, 1.807) is 0 Å². The fourth-order valence-electron chi connectivity index (χ4n) is 4.67. The molecule has 0 saturated heterocycles. The van der Waals surface area contributed by atoms with Gasteiger partial charge < -0.3 is 14.9 Å². The van der Waals surface area contributed by atoms with Gasteiger partial charge in [-0.3, -0.25) is 9.59 Å². The van der Waals surface area contributed by atoms with E-state index in [4.69, 9.17) is 9.84 Å². The van der Waals surface area contributed by atoms with Crippen LogP contribution in [0.4, 0.5) is 0 Å². The number of hydrogen-bond acceptors (Lipinski definition) is 4. The first kappa shape index (κ1) is 22.7. The number of carboxylic acids is 1. The van der Waals surface area contributed by atoms with Crippen molar-refractivity contribution in [3.05, 3.63) is 23.8 Å². The van der Waals surface area contributed by atoms with Gasteiger partial charge in [0.25, 0.3) is 0 Å². The summed E-state index contributed by atoms with van der Waals surface area (Å²) in [5, 5.41) is 19.3. The maximum absolute atomic E-state index is 11.4. The number of rotatable bonds is 12. The Balaban J connectivity index is 1.88. The Morgan fingerprint density at radius 3 is 2.75 bits per heavy atom. The SMILES string of the molecule is CCCCC[C@@H](/C=C/[C@@H]1[C@H]2CC(CCCCC(=O)O)=C[C@H]2C[C@H]1O)OC(C)=O. The zero-order valence-electron chi connectivity index (χ0n) is 17.3. The molecule has 5 nitrogen and oxygen atoms in total.